The van der Waals surface area contributed by atoms with Gasteiger partial charge in [-0.2, -0.15) is 4.79 Å². The zero-order valence-electron chi connectivity index (χ0n) is 12.3. The number of amides is 1. The Morgan fingerprint density at radius 3 is 2.67 bits per heavy atom. The first-order chi connectivity index (χ1) is 9.56. The third-order valence-electron chi connectivity index (χ3n) is 3.92. The van der Waals surface area contributed by atoms with Gasteiger partial charge in [0.1, 0.15) is 18.0 Å². The van der Waals surface area contributed by atoms with Gasteiger partial charge in [-0.3, -0.25) is 4.18 Å². The van der Waals surface area contributed by atoms with Crippen molar-refractivity contribution in [2.24, 2.45) is 0 Å². The summed E-state index contributed by atoms with van der Waals surface area (Å²) in [4.78, 5) is 12.1. The fraction of sp³-hybridized carbons (Fsp3) is 0.500. The second-order valence-electron chi connectivity index (χ2n) is 6.30. The number of rotatable bonds is 1. The van der Waals surface area contributed by atoms with Gasteiger partial charge in [0, 0.05) is 4.47 Å². The molecular weight excluding hydrogens is 361 g/mol. The van der Waals surface area contributed by atoms with Gasteiger partial charge in [-0.15, -0.1) is 3.89 Å². The lowest BCUT2D eigenvalue weighted by Crippen LogP contribution is -2.66. The first-order valence-electron chi connectivity index (χ1n) is 6.46. The summed E-state index contributed by atoms with van der Waals surface area (Å²) in [5.41, 5.74) is -1.39. The molecule has 0 bridgehead atoms. The van der Waals surface area contributed by atoms with Crippen molar-refractivity contribution < 1.29 is 22.4 Å². The number of carbonyl (C=O) groups is 1. The molecule has 116 valence electrons. The van der Waals surface area contributed by atoms with Crippen molar-refractivity contribution in [3.63, 3.8) is 0 Å². The van der Waals surface area contributed by atoms with Crippen LogP contribution >= 0.6 is 28.2 Å². The van der Waals surface area contributed by atoms with Crippen LogP contribution in [0.15, 0.2) is 22.7 Å². The predicted molar refractivity (Wildman–Crippen MR) is 83.0 cm³/mol. The molecule has 1 saturated heterocycles. The number of carboxylic acid groups (broad SMARTS) is 1. The molecule has 1 heterocycles. The van der Waals surface area contributed by atoms with Crippen LogP contribution in [0.2, 0.25) is 0 Å². The van der Waals surface area contributed by atoms with Gasteiger partial charge in [-0.25, -0.2) is 4.39 Å². The fourth-order valence-electron chi connectivity index (χ4n) is 2.93. The van der Waals surface area contributed by atoms with Gasteiger partial charge in [0.25, 0.3) is 12.2 Å². The van der Waals surface area contributed by atoms with Gasteiger partial charge in [0.15, 0.2) is 5.54 Å². The smallest absolute Gasteiger partial charge is 0.435 e. The quantitative estimate of drug-likeness (QED) is 0.437. The molecule has 1 aromatic carbocycles. The molecule has 0 aromatic heterocycles. The molecule has 1 fully saturated rings. The van der Waals surface area contributed by atoms with Crippen LogP contribution in [0.4, 0.5) is 9.18 Å². The summed E-state index contributed by atoms with van der Waals surface area (Å²) in [5, 5.41) is 9.89. The second-order valence-corrected chi connectivity index (χ2v) is 8.15. The topological polar surface area (TPSA) is 46.5 Å². The molecule has 1 aromatic rings. The van der Waals surface area contributed by atoms with E-state index in [1.807, 2.05) is 20.8 Å². The van der Waals surface area contributed by atoms with Crippen LogP contribution in [0.3, 0.4) is 0 Å². The molecule has 21 heavy (non-hydrogen) atoms. The molecule has 0 aliphatic carbocycles. The van der Waals surface area contributed by atoms with E-state index in [4.69, 9.17) is 4.18 Å². The van der Waals surface area contributed by atoms with Crippen LogP contribution in [-0.2, 0) is 9.72 Å². The van der Waals surface area contributed by atoms with E-state index in [1.165, 1.54) is 6.07 Å². The van der Waals surface area contributed by atoms with Crippen molar-refractivity contribution >= 4 is 34.3 Å². The van der Waals surface area contributed by atoms with E-state index in [9.17, 15) is 14.3 Å². The third kappa shape index (κ3) is 2.30. The average molecular weight is 379 g/mol. The van der Waals surface area contributed by atoms with Crippen LogP contribution in [0, 0.1) is 5.82 Å². The summed E-state index contributed by atoms with van der Waals surface area (Å²) in [6.45, 7) is 7.30. The lowest BCUT2D eigenvalue weighted by molar-refractivity contribution is -0.829. The zero-order valence-corrected chi connectivity index (χ0v) is 14.7. The Balaban J connectivity index is 2.74. The second kappa shape index (κ2) is 5.22. The minimum absolute atomic E-state index is 0.120. The molecule has 0 radical (unpaired) electrons. The standard InChI is InChI=1S/C14H17BrFNO3S/c1-13(2,3)17(12(18)19)14(4,8-20-21-17)10-7-9(15)5-6-11(10)16/h5-7H,8H2,1-4H3/p+1. The van der Waals surface area contributed by atoms with E-state index in [1.54, 1.807) is 19.1 Å². The van der Waals surface area contributed by atoms with Crippen LogP contribution in [0.1, 0.15) is 33.3 Å². The minimum Gasteiger partial charge on any atom is -0.435 e. The molecule has 4 nitrogen and oxygen atoms in total. The van der Waals surface area contributed by atoms with Crippen LogP contribution < -0.4 is 0 Å². The Hall–Kier alpha value is -0.630. The normalized spacial score (nSPS) is 29.6. The summed E-state index contributed by atoms with van der Waals surface area (Å²) < 4.78 is 20.1. The van der Waals surface area contributed by atoms with Crippen LogP contribution in [-0.4, -0.2) is 27.2 Å². The van der Waals surface area contributed by atoms with Gasteiger partial charge >= 0.3 is 6.09 Å². The number of quaternary nitrogens is 1. The number of benzene rings is 1. The number of nitrogens with zero attached hydrogens (tertiary/aromatic N) is 1. The summed E-state index contributed by atoms with van der Waals surface area (Å²) in [6, 6.07) is 4.57. The lowest BCUT2D eigenvalue weighted by atomic mass is 9.86. The minimum atomic E-state index is -1.05. The van der Waals surface area contributed by atoms with Crippen molar-refractivity contribution in [3.05, 3.63) is 34.1 Å². The molecule has 2 unspecified atom stereocenters. The summed E-state index contributed by atoms with van der Waals surface area (Å²) in [5.74, 6) is -0.431. The first kappa shape index (κ1) is 16.7. The summed E-state index contributed by atoms with van der Waals surface area (Å²) >= 11 is 4.20. The SMILES string of the molecule is CC(C)(C)[N+]1(C(=O)O)SOCC1(C)c1cc(Br)ccc1F. The molecule has 2 rings (SSSR count). The van der Waals surface area contributed by atoms with Crippen LogP contribution in [0.25, 0.3) is 0 Å². The van der Waals surface area contributed by atoms with Gasteiger partial charge in [0.05, 0.1) is 5.56 Å². The Morgan fingerprint density at radius 1 is 1.52 bits per heavy atom. The zero-order chi connectivity index (χ0) is 16.1. The highest BCUT2D eigenvalue weighted by molar-refractivity contribution is 9.10. The maximum Gasteiger partial charge on any atom is 0.528 e. The van der Waals surface area contributed by atoms with Crippen molar-refractivity contribution in [2.75, 3.05) is 6.61 Å². The maximum absolute atomic E-state index is 14.4. The van der Waals surface area contributed by atoms with Crippen molar-refractivity contribution in [3.8, 4) is 0 Å². The molecule has 1 aliphatic rings. The summed E-state index contributed by atoms with van der Waals surface area (Å²) in [7, 11) is 0. The average Bonchev–Trinajstić information content (AvgIpc) is 2.71. The van der Waals surface area contributed by atoms with E-state index in [0.29, 0.717) is 10.0 Å². The molecule has 1 N–H and O–H groups in total. The first-order valence-corrected chi connectivity index (χ1v) is 7.95. The Kier molecular flexibility index (Phi) is 4.16. The lowest BCUT2D eigenvalue weighted by Gasteiger charge is -2.46. The van der Waals surface area contributed by atoms with E-state index in [-0.39, 0.29) is 6.61 Å². The number of hydrogen-bond donors (Lipinski definition) is 1. The highest BCUT2D eigenvalue weighted by Crippen LogP contribution is 2.55. The highest BCUT2D eigenvalue weighted by Gasteiger charge is 2.68. The van der Waals surface area contributed by atoms with E-state index >= 15 is 0 Å². The Labute approximate surface area is 136 Å². The van der Waals surface area contributed by atoms with E-state index < -0.39 is 26.9 Å². The van der Waals surface area contributed by atoms with Gasteiger partial charge in [-0.05, 0) is 45.9 Å². The van der Waals surface area contributed by atoms with Crippen LogP contribution in [0.5, 0.6) is 0 Å². The molecule has 1 amide bonds. The Bertz CT molecular complexity index is 592. The van der Waals surface area contributed by atoms with Gasteiger partial charge < -0.3 is 5.11 Å². The van der Waals surface area contributed by atoms with Crippen molar-refractivity contribution in [1.29, 1.82) is 0 Å². The van der Waals surface area contributed by atoms with E-state index in [0.717, 1.165) is 12.2 Å². The van der Waals surface area contributed by atoms with Gasteiger partial charge in [0.2, 0.25) is 0 Å². The third-order valence-corrected chi connectivity index (χ3v) is 5.97. The molecule has 2 atom stereocenters. The van der Waals surface area contributed by atoms with Crippen molar-refractivity contribution in [1.82, 2.24) is 0 Å². The number of hydrogen-bond acceptors (Lipinski definition) is 3. The molecule has 1 aliphatic heterocycles. The molecular formula is C14H18BrFNO3S+. The summed E-state index contributed by atoms with van der Waals surface area (Å²) in [6.07, 6.45) is -1.05. The fourth-order valence-corrected chi connectivity index (χ4v) is 4.34. The monoisotopic (exact) mass is 378 g/mol. The maximum atomic E-state index is 14.4. The molecule has 0 saturated carbocycles. The molecule has 0 spiro atoms. The molecule has 7 heteroatoms. The van der Waals surface area contributed by atoms with E-state index in [2.05, 4.69) is 15.9 Å². The van der Waals surface area contributed by atoms with Crippen molar-refractivity contribution in [2.45, 2.75) is 38.8 Å². The number of halogens is 2. The Morgan fingerprint density at radius 2 is 2.14 bits per heavy atom. The highest BCUT2D eigenvalue weighted by atomic mass is 79.9. The van der Waals surface area contributed by atoms with Gasteiger partial charge in [-0.1, -0.05) is 15.9 Å². The predicted octanol–water partition coefficient (Wildman–Crippen LogP) is 4.69. The largest absolute Gasteiger partial charge is 0.528 e.